The van der Waals surface area contributed by atoms with Gasteiger partial charge in [0, 0.05) is 6.07 Å². The molecule has 0 aliphatic heterocycles. The summed E-state index contributed by atoms with van der Waals surface area (Å²) in [6, 6.07) is -0.819. The van der Waals surface area contributed by atoms with E-state index in [-0.39, 0.29) is 0 Å². The number of hydrogen-bond donors (Lipinski definition) is 1. The van der Waals surface area contributed by atoms with Gasteiger partial charge in [0.05, 0.1) is 10.5 Å². The lowest BCUT2D eigenvalue weighted by atomic mass is 10.1. The number of halogens is 4. The van der Waals surface area contributed by atoms with Crippen LogP contribution >= 0.6 is 0 Å². The average Bonchev–Trinajstić information content (AvgIpc) is 2.14. The summed E-state index contributed by atoms with van der Waals surface area (Å²) < 4.78 is 49.4. The van der Waals surface area contributed by atoms with E-state index in [0.717, 1.165) is 0 Å². The van der Waals surface area contributed by atoms with Crippen molar-refractivity contribution in [3.05, 3.63) is 39.7 Å². The van der Waals surface area contributed by atoms with Crippen molar-refractivity contribution < 1.29 is 22.5 Å². The number of hydrogen-bond acceptors (Lipinski definition) is 3. The fourth-order valence-electron chi connectivity index (χ4n) is 1.12. The molecule has 0 aliphatic rings. The van der Waals surface area contributed by atoms with Gasteiger partial charge in [0.2, 0.25) is 0 Å². The summed E-state index contributed by atoms with van der Waals surface area (Å²) >= 11 is 0. The van der Waals surface area contributed by atoms with Crippen LogP contribution in [0, 0.1) is 15.9 Å². The number of nitro benzene ring substituents is 1. The normalized spacial score (nSPS) is 13.6. The maximum Gasteiger partial charge on any atom is 0.407 e. The summed E-state index contributed by atoms with van der Waals surface area (Å²) in [6.45, 7) is 0. The van der Waals surface area contributed by atoms with Crippen LogP contribution < -0.4 is 5.73 Å². The quantitative estimate of drug-likeness (QED) is 0.488. The Morgan fingerprint density at radius 1 is 1.38 bits per heavy atom. The molecule has 88 valence electrons. The van der Waals surface area contributed by atoms with Gasteiger partial charge < -0.3 is 5.73 Å². The third-order valence-corrected chi connectivity index (χ3v) is 1.87. The topological polar surface area (TPSA) is 69.2 Å². The molecule has 0 saturated heterocycles. The van der Waals surface area contributed by atoms with E-state index in [1.54, 1.807) is 0 Å². The average molecular weight is 238 g/mol. The SMILES string of the molecule is N[C@@H](c1cc(F)ccc1[N+](=O)[O-])C(F)(F)F. The summed E-state index contributed by atoms with van der Waals surface area (Å²) in [5, 5.41) is 10.4. The molecule has 1 aromatic rings. The van der Waals surface area contributed by atoms with Gasteiger partial charge in [-0.25, -0.2) is 4.39 Å². The number of nitro groups is 1. The Morgan fingerprint density at radius 3 is 2.38 bits per heavy atom. The van der Waals surface area contributed by atoms with Gasteiger partial charge in [0.25, 0.3) is 5.69 Å². The van der Waals surface area contributed by atoms with Crippen LogP contribution in [0.25, 0.3) is 0 Å². The minimum Gasteiger partial charge on any atom is -0.316 e. The predicted octanol–water partition coefficient (Wildman–Crippen LogP) is 2.30. The van der Waals surface area contributed by atoms with Crippen molar-refractivity contribution in [1.29, 1.82) is 0 Å². The lowest BCUT2D eigenvalue weighted by Gasteiger charge is -2.15. The summed E-state index contributed by atoms with van der Waals surface area (Å²) in [4.78, 5) is 9.38. The first-order chi connectivity index (χ1) is 7.23. The molecule has 1 aromatic carbocycles. The van der Waals surface area contributed by atoms with Crippen LogP contribution in [-0.2, 0) is 0 Å². The van der Waals surface area contributed by atoms with E-state index >= 15 is 0 Å². The molecule has 0 fully saturated rings. The summed E-state index contributed by atoms with van der Waals surface area (Å²) in [6.07, 6.45) is -4.86. The summed E-state index contributed by atoms with van der Waals surface area (Å²) in [7, 11) is 0. The largest absolute Gasteiger partial charge is 0.407 e. The number of nitrogens with two attached hydrogens (primary N) is 1. The highest BCUT2D eigenvalue weighted by Crippen LogP contribution is 2.35. The summed E-state index contributed by atoms with van der Waals surface area (Å²) in [5.41, 5.74) is 3.04. The Balaban J connectivity index is 3.30. The number of rotatable bonds is 2. The first-order valence-electron chi connectivity index (χ1n) is 3.99. The van der Waals surface area contributed by atoms with Crippen LogP contribution in [0.5, 0.6) is 0 Å². The van der Waals surface area contributed by atoms with Crippen LogP contribution in [0.2, 0.25) is 0 Å². The van der Waals surface area contributed by atoms with E-state index in [1.807, 2.05) is 0 Å². The van der Waals surface area contributed by atoms with Gasteiger partial charge in [-0.2, -0.15) is 13.2 Å². The van der Waals surface area contributed by atoms with Gasteiger partial charge in [-0.3, -0.25) is 10.1 Å². The van der Waals surface area contributed by atoms with Crippen molar-refractivity contribution in [3.8, 4) is 0 Å². The highest BCUT2D eigenvalue weighted by Gasteiger charge is 2.41. The van der Waals surface area contributed by atoms with E-state index in [9.17, 15) is 27.7 Å². The predicted molar refractivity (Wildman–Crippen MR) is 46.0 cm³/mol. The monoisotopic (exact) mass is 238 g/mol. The van der Waals surface area contributed by atoms with Crippen molar-refractivity contribution >= 4 is 5.69 Å². The van der Waals surface area contributed by atoms with Crippen molar-refractivity contribution in [1.82, 2.24) is 0 Å². The van der Waals surface area contributed by atoms with Crippen molar-refractivity contribution in [2.45, 2.75) is 12.2 Å². The molecule has 0 heterocycles. The molecule has 0 radical (unpaired) electrons. The highest BCUT2D eigenvalue weighted by molar-refractivity contribution is 5.43. The standard InChI is InChI=1S/C8H6F4N2O2/c9-4-1-2-6(14(15)16)5(3-4)7(13)8(10,11)12/h1-3,7H,13H2/t7-/m0/s1. The third-order valence-electron chi connectivity index (χ3n) is 1.87. The first kappa shape index (κ1) is 12.4. The van der Waals surface area contributed by atoms with Crippen molar-refractivity contribution in [2.75, 3.05) is 0 Å². The maximum absolute atomic E-state index is 12.7. The fraction of sp³-hybridized carbons (Fsp3) is 0.250. The molecule has 0 saturated carbocycles. The van der Waals surface area contributed by atoms with E-state index in [4.69, 9.17) is 5.73 Å². The van der Waals surface area contributed by atoms with Gasteiger partial charge in [-0.15, -0.1) is 0 Å². The molecule has 1 rings (SSSR count). The minimum absolute atomic E-state index is 0.413. The summed E-state index contributed by atoms with van der Waals surface area (Å²) in [5.74, 6) is -1.01. The molecule has 0 unspecified atom stereocenters. The number of alkyl halides is 3. The molecule has 0 spiro atoms. The minimum atomic E-state index is -4.86. The van der Waals surface area contributed by atoms with Gasteiger partial charge in [0.1, 0.15) is 11.9 Å². The zero-order chi connectivity index (χ0) is 12.5. The van der Waals surface area contributed by atoms with E-state index in [2.05, 4.69) is 0 Å². The highest BCUT2D eigenvalue weighted by atomic mass is 19.4. The smallest absolute Gasteiger partial charge is 0.316 e. The third kappa shape index (κ3) is 2.45. The van der Waals surface area contributed by atoms with Crippen molar-refractivity contribution in [2.24, 2.45) is 5.73 Å². The zero-order valence-corrected chi connectivity index (χ0v) is 7.66. The molecule has 0 aliphatic carbocycles. The van der Waals surface area contributed by atoms with Gasteiger partial charge >= 0.3 is 6.18 Å². The molecule has 0 aromatic heterocycles. The molecule has 16 heavy (non-hydrogen) atoms. The maximum atomic E-state index is 12.7. The Hall–Kier alpha value is -1.70. The van der Waals surface area contributed by atoms with Crippen LogP contribution in [-0.4, -0.2) is 11.1 Å². The van der Waals surface area contributed by atoms with Gasteiger partial charge in [-0.1, -0.05) is 0 Å². The van der Waals surface area contributed by atoms with E-state index in [1.165, 1.54) is 0 Å². The number of benzene rings is 1. The lowest BCUT2D eigenvalue weighted by molar-refractivity contribution is -0.386. The van der Waals surface area contributed by atoms with Gasteiger partial charge in [-0.05, 0) is 12.1 Å². The Labute approximate surface area is 86.8 Å². The van der Waals surface area contributed by atoms with Crippen LogP contribution in [0.4, 0.5) is 23.2 Å². The number of nitrogens with zero attached hydrogens (tertiary/aromatic N) is 1. The van der Waals surface area contributed by atoms with Crippen LogP contribution in [0.3, 0.4) is 0 Å². The molecule has 4 nitrogen and oxygen atoms in total. The Kier molecular flexibility index (Phi) is 3.13. The molecular formula is C8H6F4N2O2. The Morgan fingerprint density at radius 2 is 1.94 bits per heavy atom. The molecule has 0 amide bonds. The first-order valence-corrected chi connectivity index (χ1v) is 3.99. The fourth-order valence-corrected chi connectivity index (χ4v) is 1.12. The van der Waals surface area contributed by atoms with Crippen LogP contribution in [0.15, 0.2) is 18.2 Å². The second kappa shape index (κ2) is 4.05. The second-order valence-electron chi connectivity index (χ2n) is 2.98. The second-order valence-corrected chi connectivity index (χ2v) is 2.98. The van der Waals surface area contributed by atoms with Crippen molar-refractivity contribution in [3.63, 3.8) is 0 Å². The van der Waals surface area contributed by atoms with Crippen LogP contribution in [0.1, 0.15) is 11.6 Å². The lowest BCUT2D eigenvalue weighted by Crippen LogP contribution is -2.29. The van der Waals surface area contributed by atoms with E-state index < -0.39 is 34.2 Å². The van der Waals surface area contributed by atoms with E-state index in [0.29, 0.717) is 18.2 Å². The molecule has 0 bridgehead atoms. The molecule has 8 heteroatoms. The Bertz CT molecular complexity index is 419. The molecule has 1 atom stereocenters. The zero-order valence-electron chi connectivity index (χ0n) is 7.66. The molecular weight excluding hydrogens is 232 g/mol. The molecule has 2 N–H and O–H groups in total. The van der Waals surface area contributed by atoms with Gasteiger partial charge in [0.15, 0.2) is 0 Å².